The van der Waals surface area contributed by atoms with Gasteiger partial charge in [0.05, 0.1) is 9.92 Å². The van der Waals surface area contributed by atoms with E-state index in [0.29, 0.717) is 15.0 Å². The van der Waals surface area contributed by atoms with Gasteiger partial charge in [-0.3, -0.25) is 4.72 Å². The van der Waals surface area contributed by atoms with E-state index in [4.69, 9.17) is 17.3 Å². The Hall–Kier alpha value is -1.78. The number of hydrogen-bond donors (Lipinski definition) is 2. The maximum absolute atomic E-state index is 14.7. The number of benzene rings is 2. The minimum atomic E-state index is -1.79. The van der Waals surface area contributed by atoms with Crippen molar-refractivity contribution in [1.82, 2.24) is 4.98 Å². The second kappa shape index (κ2) is 13.3. The van der Waals surface area contributed by atoms with Crippen molar-refractivity contribution in [2.24, 2.45) is 11.7 Å². The predicted molar refractivity (Wildman–Crippen MR) is 141 cm³/mol. The van der Waals surface area contributed by atoms with Gasteiger partial charge in [0, 0.05) is 22.2 Å². The Balaban J connectivity index is 0.00000103. The molecule has 0 aliphatic heterocycles. The van der Waals surface area contributed by atoms with Crippen molar-refractivity contribution in [2.45, 2.75) is 36.0 Å². The zero-order valence-corrected chi connectivity index (χ0v) is 21.8. The highest BCUT2D eigenvalue weighted by Crippen LogP contribution is 2.39. The molecule has 2 unspecified atom stereocenters. The Labute approximate surface area is 214 Å². The van der Waals surface area contributed by atoms with E-state index in [0.717, 1.165) is 37.1 Å². The number of hydrogen-bond acceptors (Lipinski definition) is 5. The highest BCUT2D eigenvalue weighted by atomic mass is 35.5. The fourth-order valence-corrected chi connectivity index (χ4v) is 6.55. The van der Waals surface area contributed by atoms with Crippen LogP contribution in [0.4, 0.5) is 13.9 Å². The van der Waals surface area contributed by atoms with Gasteiger partial charge >= 0.3 is 0 Å². The lowest BCUT2D eigenvalue weighted by atomic mass is 9.85. The summed E-state index contributed by atoms with van der Waals surface area (Å²) in [6, 6.07) is 9.30. The van der Waals surface area contributed by atoms with Crippen LogP contribution < -0.4 is 10.5 Å². The van der Waals surface area contributed by atoms with Gasteiger partial charge in [0.15, 0.2) is 16.1 Å². The van der Waals surface area contributed by atoms with Crippen molar-refractivity contribution in [3.8, 4) is 0 Å². The second-order valence-electron chi connectivity index (χ2n) is 7.43. The Kier molecular flexibility index (Phi) is 10.5. The maximum Gasteiger partial charge on any atom is 0.194 e. The van der Waals surface area contributed by atoms with Gasteiger partial charge < -0.3 is 5.73 Å². The second-order valence-corrected chi connectivity index (χ2v) is 11.0. The van der Waals surface area contributed by atoms with Gasteiger partial charge in [0.1, 0.15) is 11.6 Å². The summed E-state index contributed by atoms with van der Waals surface area (Å²) in [7, 11) is -1.79. The predicted octanol–water partition coefficient (Wildman–Crippen LogP) is 7.15. The van der Waals surface area contributed by atoms with Gasteiger partial charge in [-0.15, -0.1) is 23.1 Å². The highest BCUT2D eigenvalue weighted by Gasteiger charge is 2.21. The van der Waals surface area contributed by atoms with Crippen LogP contribution in [0.5, 0.6) is 0 Å². The van der Waals surface area contributed by atoms with Crippen molar-refractivity contribution in [3.05, 3.63) is 76.3 Å². The number of thiazole rings is 1. The SMILES string of the molecule is CCN.O=S(Nc1nccs1)c1cc(Cl)c(SCC2CCCC=C2c2ccc(F)cc2)cc1F. The third-order valence-corrected chi connectivity index (χ3v) is 8.53. The molecule has 1 heterocycles. The van der Waals surface area contributed by atoms with Gasteiger partial charge in [-0.1, -0.05) is 36.7 Å². The smallest absolute Gasteiger partial charge is 0.194 e. The quantitative estimate of drug-likeness (QED) is 0.312. The Morgan fingerprint density at radius 2 is 2.03 bits per heavy atom. The molecule has 0 bridgehead atoms. The van der Waals surface area contributed by atoms with E-state index in [1.54, 1.807) is 23.7 Å². The van der Waals surface area contributed by atoms with Gasteiger partial charge in [0.2, 0.25) is 0 Å². The molecule has 1 aromatic heterocycles. The number of allylic oxidation sites excluding steroid dienone is 2. The minimum absolute atomic E-state index is 0.00545. The molecular formula is C24H26ClF2N3OS3. The molecule has 182 valence electrons. The summed E-state index contributed by atoms with van der Waals surface area (Å²) in [6.07, 6.45) is 6.87. The number of nitrogens with one attached hydrogen (secondary N) is 1. The lowest BCUT2D eigenvalue weighted by molar-refractivity contribution is 0.591. The normalized spacial score (nSPS) is 16.3. The molecule has 4 nitrogen and oxygen atoms in total. The lowest BCUT2D eigenvalue weighted by Crippen LogP contribution is -2.11. The van der Waals surface area contributed by atoms with E-state index in [-0.39, 0.29) is 16.6 Å². The lowest BCUT2D eigenvalue weighted by Gasteiger charge is -2.24. The van der Waals surface area contributed by atoms with Crippen molar-refractivity contribution >= 4 is 56.4 Å². The van der Waals surface area contributed by atoms with Crippen LogP contribution in [-0.2, 0) is 11.0 Å². The summed E-state index contributed by atoms with van der Waals surface area (Å²) < 4.78 is 43.1. The monoisotopic (exact) mass is 541 g/mol. The topological polar surface area (TPSA) is 68.0 Å². The molecule has 0 saturated carbocycles. The molecule has 10 heteroatoms. The summed E-state index contributed by atoms with van der Waals surface area (Å²) in [5.41, 5.74) is 7.06. The molecule has 2 aromatic carbocycles. The zero-order valence-electron chi connectivity index (χ0n) is 18.6. The molecule has 2 atom stereocenters. The minimum Gasteiger partial charge on any atom is -0.331 e. The van der Waals surface area contributed by atoms with Crippen LogP contribution in [0.2, 0.25) is 5.02 Å². The zero-order chi connectivity index (χ0) is 24.5. The average Bonchev–Trinajstić information content (AvgIpc) is 3.33. The van der Waals surface area contributed by atoms with Crippen LogP contribution in [0.1, 0.15) is 31.7 Å². The molecule has 4 rings (SSSR count). The summed E-state index contributed by atoms with van der Waals surface area (Å²) in [5.74, 6) is 0.161. The number of aromatic nitrogens is 1. The number of anilines is 1. The molecule has 0 saturated heterocycles. The molecule has 3 N–H and O–H groups in total. The molecule has 1 aliphatic carbocycles. The van der Waals surface area contributed by atoms with E-state index in [9.17, 15) is 13.0 Å². The van der Waals surface area contributed by atoms with Crippen molar-refractivity contribution in [3.63, 3.8) is 0 Å². The first-order valence-electron chi connectivity index (χ1n) is 10.8. The summed E-state index contributed by atoms with van der Waals surface area (Å²) in [5, 5.41) is 2.55. The summed E-state index contributed by atoms with van der Waals surface area (Å²) in [4.78, 5) is 4.60. The van der Waals surface area contributed by atoms with E-state index >= 15 is 0 Å². The van der Waals surface area contributed by atoms with Crippen LogP contribution in [0.15, 0.2) is 63.8 Å². The standard InChI is InChI=1S/C22H19ClF2N2OS3.C2H7N/c23-18-11-21(31(28)27-22-26-9-10-29-22)19(25)12-20(18)30-13-15-3-1-2-4-17(15)14-5-7-16(24)8-6-14;1-2-3/h4-12,15H,1-3,13H2,(H,26,27);2-3H2,1H3. The molecule has 0 spiro atoms. The molecule has 0 amide bonds. The van der Waals surface area contributed by atoms with Crippen LogP contribution >= 0.6 is 34.7 Å². The highest BCUT2D eigenvalue weighted by molar-refractivity contribution is 7.99. The average molecular weight is 542 g/mol. The van der Waals surface area contributed by atoms with Crippen molar-refractivity contribution < 1.29 is 13.0 Å². The molecule has 0 radical (unpaired) electrons. The van der Waals surface area contributed by atoms with Crippen LogP contribution in [0, 0.1) is 17.6 Å². The van der Waals surface area contributed by atoms with E-state index in [1.807, 2.05) is 6.92 Å². The third kappa shape index (κ3) is 7.36. The van der Waals surface area contributed by atoms with E-state index in [1.165, 1.54) is 52.9 Å². The summed E-state index contributed by atoms with van der Waals surface area (Å²) in [6.45, 7) is 2.65. The fraction of sp³-hybridized carbons (Fsp3) is 0.292. The Morgan fingerprint density at radius 3 is 2.71 bits per heavy atom. The summed E-state index contributed by atoms with van der Waals surface area (Å²) >= 11 is 9.16. The van der Waals surface area contributed by atoms with Crippen molar-refractivity contribution in [2.75, 3.05) is 17.0 Å². The van der Waals surface area contributed by atoms with Gasteiger partial charge in [-0.05, 0) is 67.1 Å². The molecule has 3 aromatic rings. The van der Waals surface area contributed by atoms with Gasteiger partial charge in [-0.25, -0.2) is 18.0 Å². The van der Waals surface area contributed by atoms with Gasteiger partial charge in [-0.2, -0.15) is 0 Å². The molecule has 0 fully saturated rings. The number of nitrogens with two attached hydrogens (primary N) is 1. The number of rotatable bonds is 7. The van der Waals surface area contributed by atoms with E-state index < -0.39 is 16.8 Å². The fourth-order valence-electron chi connectivity index (χ4n) is 3.47. The Morgan fingerprint density at radius 1 is 1.29 bits per heavy atom. The first-order chi connectivity index (χ1) is 16.4. The number of halogens is 3. The third-order valence-electron chi connectivity index (χ3n) is 4.98. The van der Waals surface area contributed by atoms with Crippen LogP contribution in [0.3, 0.4) is 0 Å². The largest absolute Gasteiger partial charge is 0.331 e. The first kappa shape index (κ1) is 26.8. The number of nitrogens with zero attached hydrogens (tertiary/aromatic N) is 1. The Bertz CT molecular complexity index is 1130. The van der Waals surface area contributed by atoms with Crippen LogP contribution in [-0.4, -0.2) is 21.5 Å². The maximum atomic E-state index is 14.7. The first-order valence-corrected chi connectivity index (χ1v) is 14.2. The van der Waals surface area contributed by atoms with Crippen molar-refractivity contribution in [1.29, 1.82) is 0 Å². The van der Waals surface area contributed by atoms with E-state index in [2.05, 4.69) is 15.8 Å². The van der Waals surface area contributed by atoms with Crippen LogP contribution in [0.25, 0.3) is 5.57 Å². The van der Waals surface area contributed by atoms with Gasteiger partial charge in [0.25, 0.3) is 0 Å². The number of thioether (sulfide) groups is 1. The molecule has 34 heavy (non-hydrogen) atoms. The molecule has 1 aliphatic rings. The molecular weight excluding hydrogens is 516 g/mol.